The van der Waals surface area contributed by atoms with Gasteiger partial charge in [-0.05, 0) is 38.5 Å². The van der Waals surface area contributed by atoms with E-state index in [1.165, 1.54) is 19.2 Å². The van der Waals surface area contributed by atoms with Crippen LogP contribution in [-0.2, 0) is 0 Å². The zero-order chi connectivity index (χ0) is 13.7. The minimum atomic E-state index is 0.291. The Morgan fingerprint density at radius 2 is 2.16 bits per heavy atom. The van der Waals surface area contributed by atoms with Crippen LogP contribution < -0.4 is 10.1 Å². The smallest absolute Gasteiger partial charge is 0.221 e. The monoisotopic (exact) mass is 265 g/mol. The van der Waals surface area contributed by atoms with E-state index in [2.05, 4.69) is 15.3 Å². The van der Waals surface area contributed by atoms with Crippen LogP contribution in [0.3, 0.4) is 0 Å². The van der Waals surface area contributed by atoms with Gasteiger partial charge in [0.25, 0.3) is 0 Å². The second-order valence-corrected chi connectivity index (χ2v) is 5.10. The zero-order valence-electron chi connectivity index (χ0n) is 11.7. The summed E-state index contributed by atoms with van der Waals surface area (Å²) in [6.07, 6.45) is 5.06. The molecule has 2 unspecified atom stereocenters. The molecule has 0 radical (unpaired) electrons. The topological polar surface area (TPSA) is 67.3 Å². The fourth-order valence-corrected chi connectivity index (χ4v) is 2.74. The van der Waals surface area contributed by atoms with E-state index in [1.807, 2.05) is 13.8 Å². The van der Waals surface area contributed by atoms with E-state index in [1.54, 1.807) is 0 Å². The number of hydrogen-bond acceptors (Lipinski definition) is 5. The SMILES string of the molecule is CCOc1ncnc(NCC2CCCC2CO)c1C. The summed E-state index contributed by atoms with van der Waals surface area (Å²) in [5.74, 6) is 2.45. The van der Waals surface area contributed by atoms with Gasteiger partial charge in [-0.25, -0.2) is 9.97 Å². The molecule has 2 N–H and O–H groups in total. The van der Waals surface area contributed by atoms with Crippen molar-refractivity contribution in [2.75, 3.05) is 25.1 Å². The quantitative estimate of drug-likeness (QED) is 0.823. The lowest BCUT2D eigenvalue weighted by Gasteiger charge is -2.19. The van der Waals surface area contributed by atoms with Crippen molar-refractivity contribution < 1.29 is 9.84 Å². The second-order valence-electron chi connectivity index (χ2n) is 5.10. The van der Waals surface area contributed by atoms with Crippen molar-refractivity contribution in [3.63, 3.8) is 0 Å². The van der Waals surface area contributed by atoms with Gasteiger partial charge in [-0.2, -0.15) is 0 Å². The third kappa shape index (κ3) is 3.35. The van der Waals surface area contributed by atoms with E-state index in [0.717, 1.165) is 24.3 Å². The fourth-order valence-electron chi connectivity index (χ4n) is 2.74. The summed E-state index contributed by atoms with van der Waals surface area (Å²) in [7, 11) is 0. The lowest BCUT2D eigenvalue weighted by atomic mass is 9.97. The number of nitrogens with one attached hydrogen (secondary N) is 1. The molecule has 106 valence electrons. The summed E-state index contributed by atoms with van der Waals surface area (Å²) < 4.78 is 5.46. The Balaban J connectivity index is 1.97. The molecule has 0 spiro atoms. The van der Waals surface area contributed by atoms with Crippen LogP contribution in [-0.4, -0.2) is 34.8 Å². The Kier molecular flexibility index (Phi) is 4.96. The second kappa shape index (κ2) is 6.70. The summed E-state index contributed by atoms with van der Waals surface area (Å²) in [4.78, 5) is 8.39. The highest BCUT2D eigenvalue weighted by molar-refractivity contribution is 5.47. The average Bonchev–Trinajstić information content (AvgIpc) is 2.87. The van der Waals surface area contributed by atoms with Gasteiger partial charge in [0.2, 0.25) is 5.88 Å². The molecular formula is C14H23N3O2. The van der Waals surface area contributed by atoms with Crippen LogP contribution >= 0.6 is 0 Å². The zero-order valence-corrected chi connectivity index (χ0v) is 11.7. The Hall–Kier alpha value is -1.36. The molecule has 0 aromatic carbocycles. The van der Waals surface area contributed by atoms with Crippen LogP contribution in [0.2, 0.25) is 0 Å². The molecule has 0 amide bonds. The van der Waals surface area contributed by atoms with E-state index in [4.69, 9.17) is 4.74 Å². The van der Waals surface area contributed by atoms with Crippen LogP contribution in [0.5, 0.6) is 5.88 Å². The molecule has 1 aliphatic carbocycles. The van der Waals surface area contributed by atoms with Gasteiger partial charge in [-0.1, -0.05) is 6.42 Å². The van der Waals surface area contributed by atoms with Gasteiger partial charge >= 0.3 is 0 Å². The Morgan fingerprint density at radius 1 is 1.37 bits per heavy atom. The molecular weight excluding hydrogens is 242 g/mol. The molecule has 5 nitrogen and oxygen atoms in total. The Bertz CT molecular complexity index is 412. The van der Waals surface area contributed by atoms with Crippen LogP contribution in [0.15, 0.2) is 6.33 Å². The first-order chi connectivity index (χ1) is 9.26. The van der Waals surface area contributed by atoms with Crippen LogP contribution in [0.4, 0.5) is 5.82 Å². The molecule has 2 rings (SSSR count). The average molecular weight is 265 g/mol. The number of ether oxygens (including phenoxy) is 1. The third-order valence-corrected chi connectivity index (χ3v) is 3.90. The molecule has 0 bridgehead atoms. The van der Waals surface area contributed by atoms with Gasteiger partial charge in [-0.3, -0.25) is 0 Å². The standard InChI is InChI=1S/C14H23N3O2/c1-3-19-14-10(2)13(16-9-17-14)15-7-11-5-4-6-12(11)8-18/h9,11-12,18H,3-8H2,1-2H3,(H,15,16,17). The van der Waals surface area contributed by atoms with Crippen molar-refractivity contribution in [3.05, 3.63) is 11.9 Å². The summed E-state index contributed by atoms with van der Waals surface area (Å²) in [6.45, 7) is 5.66. The lowest BCUT2D eigenvalue weighted by molar-refractivity contribution is 0.199. The predicted octanol–water partition coefficient (Wildman–Crippen LogP) is 2.00. The van der Waals surface area contributed by atoms with Crippen molar-refractivity contribution in [2.45, 2.75) is 33.1 Å². The Morgan fingerprint density at radius 3 is 2.89 bits per heavy atom. The largest absolute Gasteiger partial charge is 0.478 e. The molecule has 1 heterocycles. The van der Waals surface area contributed by atoms with Crippen LogP contribution in [0.1, 0.15) is 31.7 Å². The maximum absolute atomic E-state index is 9.33. The van der Waals surface area contributed by atoms with E-state index >= 15 is 0 Å². The van der Waals surface area contributed by atoms with Crippen molar-refractivity contribution in [3.8, 4) is 5.88 Å². The summed E-state index contributed by atoms with van der Waals surface area (Å²) >= 11 is 0. The van der Waals surface area contributed by atoms with Crippen molar-refractivity contribution in [2.24, 2.45) is 11.8 Å². The number of anilines is 1. The predicted molar refractivity (Wildman–Crippen MR) is 74.3 cm³/mol. The molecule has 0 aliphatic heterocycles. The molecule has 1 saturated carbocycles. The molecule has 19 heavy (non-hydrogen) atoms. The molecule has 2 atom stereocenters. The van der Waals surface area contributed by atoms with Crippen molar-refractivity contribution in [1.82, 2.24) is 9.97 Å². The highest BCUT2D eigenvalue weighted by atomic mass is 16.5. The van der Waals surface area contributed by atoms with Gasteiger partial charge in [-0.15, -0.1) is 0 Å². The number of hydrogen-bond donors (Lipinski definition) is 2. The number of nitrogens with zero attached hydrogens (tertiary/aromatic N) is 2. The molecule has 1 fully saturated rings. The summed E-state index contributed by atoms with van der Waals surface area (Å²) in [6, 6.07) is 0. The first kappa shape index (κ1) is 14.1. The minimum absolute atomic E-state index is 0.291. The number of aromatic nitrogens is 2. The minimum Gasteiger partial charge on any atom is -0.478 e. The summed E-state index contributed by atoms with van der Waals surface area (Å²) in [5.41, 5.74) is 0.947. The van der Waals surface area contributed by atoms with Crippen LogP contribution in [0, 0.1) is 18.8 Å². The number of rotatable bonds is 6. The first-order valence-corrected chi connectivity index (χ1v) is 7.05. The maximum atomic E-state index is 9.33. The van der Waals surface area contributed by atoms with Gasteiger partial charge < -0.3 is 15.2 Å². The Labute approximate surface area is 114 Å². The van der Waals surface area contributed by atoms with Gasteiger partial charge in [0.1, 0.15) is 12.1 Å². The highest BCUT2D eigenvalue weighted by Crippen LogP contribution is 2.31. The van der Waals surface area contributed by atoms with Crippen LogP contribution in [0.25, 0.3) is 0 Å². The van der Waals surface area contributed by atoms with Crippen molar-refractivity contribution >= 4 is 5.82 Å². The molecule has 1 aromatic heterocycles. The van der Waals surface area contributed by atoms with E-state index in [-0.39, 0.29) is 0 Å². The number of aliphatic hydroxyl groups is 1. The van der Waals surface area contributed by atoms with Gasteiger partial charge in [0.05, 0.1) is 12.2 Å². The molecule has 1 aliphatic rings. The molecule has 1 aromatic rings. The first-order valence-electron chi connectivity index (χ1n) is 7.05. The highest BCUT2D eigenvalue weighted by Gasteiger charge is 2.26. The molecule has 0 saturated heterocycles. The molecule has 5 heteroatoms. The normalized spacial score (nSPS) is 22.5. The van der Waals surface area contributed by atoms with E-state index in [0.29, 0.717) is 30.9 Å². The lowest BCUT2D eigenvalue weighted by Crippen LogP contribution is -2.21. The van der Waals surface area contributed by atoms with Gasteiger partial charge in [0.15, 0.2) is 0 Å². The summed E-state index contributed by atoms with van der Waals surface area (Å²) in [5, 5.41) is 12.7. The van der Waals surface area contributed by atoms with Crippen molar-refractivity contribution in [1.29, 1.82) is 0 Å². The van der Waals surface area contributed by atoms with E-state index in [9.17, 15) is 5.11 Å². The fraction of sp³-hybridized carbons (Fsp3) is 0.714. The van der Waals surface area contributed by atoms with E-state index < -0.39 is 0 Å². The third-order valence-electron chi connectivity index (χ3n) is 3.90. The van der Waals surface area contributed by atoms with Gasteiger partial charge in [0, 0.05) is 13.2 Å². The maximum Gasteiger partial charge on any atom is 0.221 e. The number of aliphatic hydroxyl groups excluding tert-OH is 1.